The summed E-state index contributed by atoms with van der Waals surface area (Å²) in [7, 11) is 0. The van der Waals surface area contributed by atoms with Gasteiger partial charge < -0.3 is 10.1 Å². The summed E-state index contributed by atoms with van der Waals surface area (Å²) in [5, 5.41) is 5.88. The van der Waals surface area contributed by atoms with Gasteiger partial charge in [0.1, 0.15) is 5.75 Å². The average molecular weight is 353 g/mol. The van der Waals surface area contributed by atoms with E-state index < -0.39 is 0 Å². The van der Waals surface area contributed by atoms with E-state index in [1.54, 1.807) is 17.5 Å². The van der Waals surface area contributed by atoms with Crippen LogP contribution in [0.25, 0.3) is 11.4 Å². The minimum atomic E-state index is -0.0163. The fourth-order valence-electron chi connectivity index (χ4n) is 2.23. The highest BCUT2D eigenvalue weighted by molar-refractivity contribution is 7.09. The molecular weight excluding hydrogens is 334 g/mol. The number of amides is 1. The van der Waals surface area contributed by atoms with Crippen molar-refractivity contribution in [3.63, 3.8) is 0 Å². The standard InChI is InChI=1S/C19H19N3O2S/c23-18(10-13-24-15-6-2-1-3-7-15)21-12-9-19-22-17(14-25-19)16-8-4-5-11-20-16/h1-8,11,14H,9-10,12-13H2,(H,21,23). The number of carbonyl (C=O) groups excluding carboxylic acids is 1. The second-order valence-electron chi connectivity index (χ2n) is 5.35. The van der Waals surface area contributed by atoms with E-state index in [-0.39, 0.29) is 5.91 Å². The maximum Gasteiger partial charge on any atom is 0.223 e. The Morgan fingerprint density at radius 1 is 1.08 bits per heavy atom. The first-order valence-electron chi connectivity index (χ1n) is 8.11. The number of hydrogen-bond donors (Lipinski definition) is 1. The van der Waals surface area contributed by atoms with Gasteiger partial charge in [0, 0.05) is 24.5 Å². The molecule has 128 valence electrons. The van der Waals surface area contributed by atoms with Crippen molar-refractivity contribution in [3.05, 3.63) is 65.1 Å². The van der Waals surface area contributed by atoms with Crippen LogP contribution in [0.15, 0.2) is 60.1 Å². The van der Waals surface area contributed by atoms with Crippen LogP contribution in [0, 0.1) is 0 Å². The van der Waals surface area contributed by atoms with Gasteiger partial charge in [0.2, 0.25) is 5.91 Å². The van der Waals surface area contributed by atoms with Crippen LogP contribution in [0.5, 0.6) is 5.75 Å². The van der Waals surface area contributed by atoms with Crippen molar-refractivity contribution < 1.29 is 9.53 Å². The van der Waals surface area contributed by atoms with Gasteiger partial charge in [0.25, 0.3) is 0 Å². The first kappa shape index (κ1) is 17.1. The first-order valence-corrected chi connectivity index (χ1v) is 8.99. The Kier molecular flexibility index (Phi) is 6.11. The lowest BCUT2D eigenvalue weighted by molar-refractivity contribution is -0.121. The Labute approximate surface area is 150 Å². The van der Waals surface area contributed by atoms with E-state index in [0.717, 1.165) is 22.1 Å². The van der Waals surface area contributed by atoms with Gasteiger partial charge in [0.15, 0.2) is 0 Å². The molecule has 0 atom stereocenters. The Morgan fingerprint density at radius 3 is 2.72 bits per heavy atom. The third-order valence-corrected chi connectivity index (χ3v) is 4.39. The molecule has 2 aromatic heterocycles. The summed E-state index contributed by atoms with van der Waals surface area (Å²) in [4.78, 5) is 20.7. The highest BCUT2D eigenvalue weighted by Crippen LogP contribution is 2.19. The first-order chi connectivity index (χ1) is 12.3. The molecule has 2 heterocycles. The lowest BCUT2D eigenvalue weighted by atomic mass is 10.3. The van der Waals surface area contributed by atoms with Crippen molar-refractivity contribution in [2.75, 3.05) is 13.2 Å². The van der Waals surface area contributed by atoms with Gasteiger partial charge in [0.05, 0.1) is 29.4 Å². The molecule has 0 aliphatic heterocycles. The third kappa shape index (κ3) is 5.39. The van der Waals surface area contributed by atoms with Gasteiger partial charge in [-0.25, -0.2) is 4.98 Å². The average Bonchev–Trinajstić information content (AvgIpc) is 3.12. The zero-order chi connectivity index (χ0) is 17.3. The number of nitrogens with zero attached hydrogens (tertiary/aromatic N) is 2. The fraction of sp³-hybridized carbons (Fsp3) is 0.211. The molecule has 0 unspecified atom stereocenters. The molecule has 1 N–H and O–H groups in total. The number of para-hydroxylation sites is 1. The highest BCUT2D eigenvalue weighted by atomic mass is 32.1. The van der Waals surface area contributed by atoms with Gasteiger partial charge in [-0.3, -0.25) is 9.78 Å². The van der Waals surface area contributed by atoms with Gasteiger partial charge >= 0.3 is 0 Å². The molecule has 0 saturated carbocycles. The molecule has 3 rings (SSSR count). The van der Waals surface area contributed by atoms with Crippen molar-refractivity contribution in [2.45, 2.75) is 12.8 Å². The van der Waals surface area contributed by atoms with Crippen LogP contribution >= 0.6 is 11.3 Å². The lowest BCUT2D eigenvalue weighted by Crippen LogP contribution is -2.27. The maximum absolute atomic E-state index is 11.8. The number of thiazole rings is 1. The molecule has 0 aliphatic carbocycles. The summed E-state index contributed by atoms with van der Waals surface area (Å²) in [5.41, 5.74) is 1.75. The zero-order valence-corrected chi connectivity index (χ0v) is 14.5. The Hall–Kier alpha value is -2.73. The van der Waals surface area contributed by atoms with Crippen LogP contribution in [0.3, 0.4) is 0 Å². The Morgan fingerprint density at radius 2 is 1.92 bits per heavy atom. The zero-order valence-electron chi connectivity index (χ0n) is 13.7. The number of aromatic nitrogens is 2. The summed E-state index contributed by atoms with van der Waals surface area (Å²) >= 11 is 1.58. The Bertz CT molecular complexity index is 791. The summed E-state index contributed by atoms with van der Waals surface area (Å²) in [5.74, 6) is 0.762. The lowest BCUT2D eigenvalue weighted by Gasteiger charge is -2.06. The van der Waals surface area contributed by atoms with E-state index in [0.29, 0.717) is 26.0 Å². The van der Waals surface area contributed by atoms with Gasteiger partial charge in [-0.15, -0.1) is 11.3 Å². The van der Waals surface area contributed by atoms with Gasteiger partial charge in [-0.05, 0) is 24.3 Å². The van der Waals surface area contributed by atoms with Gasteiger partial charge in [-0.2, -0.15) is 0 Å². The number of pyridine rings is 1. The number of benzene rings is 1. The van der Waals surface area contributed by atoms with Crippen molar-refractivity contribution in [1.82, 2.24) is 15.3 Å². The normalized spacial score (nSPS) is 10.4. The molecular formula is C19H19N3O2S. The number of rotatable bonds is 8. The molecule has 5 nitrogen and oxygen atoms in total. The van der Waals surface area contributed by atoms with Crippen LogP contribution in [-0.2, 0) is 11.2 Å². The van der Waals surface area contributed by atoms with Gasteiger partial charge in [-0.1, -0.05) is 24.3 Å². The van der Waals surface area contributed by atoms with E-state index in [9.17, 15) is 4.79 Å². The monoisotopic (exact) mass is 353 g/mol. The molecule has 0 spiro atoms. The molecule has 1 aromatic carbocycles. The number of hydrogen-bond acceptors (Lipinski definition) is 5. The van der Waals surface area contributed by atoms with Crippen LogP contribution in [0.2, 0.25) is 0 Å². The second kappa shape index (κ2) is 8.94. The van der Waals surface area contributed by atoms with Crippen molar-refractivity contribution in [2.24, 2.45) is 0 Å². The molecule has 0 bridgehead atoms. The van der Waals surface area contributed by atoms with Crippen LogP contribution < -0.4 is 10.1 Å². The minimum absolute atomic E-state index is 0.0163. The molecule has 0 radical (unpaired) electrons. The largest absolute Gasteiger partial charge is 0.493 e. The van der Waals surface area contributed by atoms with E-state index >= 15 is 0 Å². The minimum Gasteiger partial charge on any atom is -0.493 e. The topological polar surface area (TPSA) is 64.1 Å². The maximum atomic E-state index is 11.8. The van der Waals surface area contributed by atoms with E-state index in [1.165, 1.54) is 0 Å². The summed E-state index contributed by atoms with van der Waals surface area (Å²) in [6.07, 6.45) is 2.81. The fourth-order valence-corrected chi connectivity index (χ4v) is 3.03. The second-order valence-corrected chi connectivity index (χ2v) is 6.30. The van der Waals surface area contributed by atoms with Crippen molar-refractivity contribution in [3.8, 4) is 17.1 Å². The summed E-state index contributed by atoms with van der Waals surface area (Å²) in [6, 6.07) is 15.3. The smallest absolute Gasteiger partial charge is 0.223 e. The van der Waals surface area contributed by atoms with Crippen molar-refractivity contribution in [1.29, 1.82) is 0 Å². The molecule has 6 heteroatoms. The van der Waals surface area contributed by atoms with E-state index in [2.05, 4.69) is 15.3 Å². The number of nitrogens with one attached hydrogen (secondary N) is 1. The predicted octanol–water partition coefficient (Wildman–Crippen LogP) is 3.33. The molecule has 3 aromatic rings. The Balaban J connectivity index is 1.36. The predicted molar refractivity (Wildman–Crippen MR) is 98.6 cm³/mol. The summed E-state index contributed by atoms with van der Waals surface area (Å²) in [6.45, 7) is 0.941. The van der Waals surface area contributed by atoms with E-state index in [1.807, 2.05) is 53.9 Å². The highest BCUT2D eigenvalue weighted by Gasteiger charge is 2.06. The van der Waals surface area contributed by atoms with Crippen LogP contribution in [-0.4, -0.2) is 29.0 Å². The molecule has 0 saturated heterocycles. The third-order valence-electron chi connectivity index (χ3n) is 3.48. The quantitative estimate of drug-likeness (QED) is 0.675. The SMILES string of the molecule is O=C(CCOc1ccccc1)NCCc1nc(-c2ccccn2)cs1. The van der Waals surface area contributed by atoms with Crippen LogP contribution in [0.1, 0.15) is 11.4 Å². The number of carbonyl (C=O) groups is 1. The molecule has 0 aliphatic rings. The summed E-state index contributed by atoms with van der Waals surface area (Å²) < 4.78 is 5.52. The van der Waals surface area contributed by atoms with Crippen LogP contribution in [0.4, 0.5) is 0 Å². The number of ether oxygens (including phenoxy) is 1. The molecule has 1 amide bonds. The van der Waals surface area contributed by atoms with E-state index in [4.69, 9.17) is 4.74 Å². The molecule has 0 fully saturated rings. The molecule has 25 heavy (non-hydrogen) atoms. The van der Waals surface area contributed by atoms with Crippen molar-refractivity contribution >= 4 is 17.2 Å².